The topological polar surface area (TPSA) is 34.1 Å². The van der Waals surface area contributed by atoms with E-state index in [1.807, 2.05) is 0 Å². The number of hydrogen-bond donors (Lipinski definition) is 0. The van der Waals surface area contributed by atoms with Gasteiger partial charge in [-0.3, -0.25) is 8.92 Å². The summed E-state index contributed by atoms with van der Waals surface area (Å²) in [6.45, 7) is 0. The molecular formula is O2Si2Ta. The minimum Gasteiger partial charge on any atom is -0.274 e. The van der Waals surface area contributed by atoms with Crippen molar-refractivity contribution in [1.82, 2.24) is 0 Å². The van der Waals surface area contributed by atoms with Crippen molar-refractivity contribution in [2.24, 2.45) is 0 Å². The third-order valence-electron chi connectivity index (χ3n) is 0. The Morgan fingerprint density at radius 3 is 1.20 bits per heavy atom. The molecule has 0 unspecified atom stereocenters. The van der Waals surface area contributed by atoms with Crippen LogP contribution >= 0.6 is 0 Å². The first-order chi connectivity index (χ1) is 1.41. The molecule has 0 bridgehead atoms. The first-order valence-corrected chi connectivity index (χ1v) is 1.22. The number of rotatable bonds is 0. The molecule has 5 radical (unpaired) electrons. The molecule has 0 aliphatic carbocycles. The van der Waals surface area contributed by atoms with Crippen LogP contribution in [0, 0.1) is 0 Å². The van der Waals surface area contributed by atoms with Gasteiger partial charge in [-0.15, -0.1) is 0 Å². The predicted octanol–water partition coefficient (Wildman–Crippen LogP) is -1.00. The largest absolute Gasteiger partial charge is 0.549 e. The van der Waals surface area contributed by atoms with E-state index in [2.05, 4.69) is 0 Å². The van der Waals surface area contributed by atoms with E-state index in [1.165, 1.54) is 0 Å². The molecular weight excluding hydrogens is 269 g/mol. The van der Waals surface area contributed by atoms with Crippen LogP contribution in [0.1, 0.15) is 0 Å². The summed E-state index contributed by atoms with van der Waals surface area (Å²) in [5, 5.41) is 0. The van der Waals surface area contributed by atoms with Gasteiger partial charge in [0.1, 0.15) is 0 Å². The molecule has 0 atom stereocenters. The van der Waals surface area contributed by atoms with Gasteiger partial charge in [-0.1, -0.05) is 0 Å². The van der Waals surface area contributed by atoms with Gasteiger partial charge in [0.25, 0.3) is 0 Å². The van der Waals surface area contributed by atoms with Gasteiger partial charge >= 0.3 is 9.29 Å². The van der Waals surface area contributed by atoms with Crippen LogP contribution in [0.5, 0.6) is 0 Å². The van der Waals surface area contributed by atoms with E-state index in [4.69, 9.17) is 8.92 Å². The molecule has 5 heavy (non-hydrogen) atoms. The maximum absolute atomic E-state index is 8.40. The van der Waals surface area contributed by atoms with Gasteiger partial charge in [0.05, 0.1) is 0 Å². The first-order valence-electron chi connectivity index (χ1n) is 0.408. The van der Waals surface area contributed by atoms with Gasteiger partial charge < -0.3 is 0 Å². The molecule has 0 spiro atoms. The molecule has 25 valence electrons. The zero-order valence-electron chi connectivity index (χ0n) is 2.26. The molecule has 0 amide bonds. The summed E-state index contributed by atoms with van der Waals surface area (Å²) >= 11 is 0. The summed E-state index contributed by atoms with van der Waals surface area (Å²) in [6.07, 6.45) is 0. The van der Waals surface area contributed by atoms with Gasteiger partial charge in [-0.25, -0.2) is 0 Å². The Balaban J connectivity index is -0.0000000200. The zero-order valence-corrected chi connectivity index (χ0v) is 7.48. The van der Waals surface area contributed by atoms with E-state index in [0.717, 1.165) is 0 Å². The van der Waals surface area contributed by atoms with Crippen LogP contribution in [0.3, 0.4) is 0 Å². The molecule has 0 aliphatic rings. The van der Waals surface area contributed by atoms with Gasteiger partial charge in [0, 0.05) is 33.3 Å². The standard InChI is InChI=1S/O2Si.Si.Ta/c1-3-2;;. The Bertz CT molecular complexity index is 28.6. The summed E-state index contributed by atoms with van der Waals surface area (Å²) in [4.78, 5) is 0. The zero-order chi connectivity index (χ0) is 2.71. The van der Waals surface area contributed by atoms with E-state index in [1.54, 1.807) is 0 Å². The smallest absolute Gasteiger partial charge is 0.274 e. The Kier molecular flexibility index (Phi) is 73.9. The van der Waals surface area contributed by atoms with E-state index >= 15 is 0 Å². The van der Waals surface area contributed by atoms with Crippen LogP contribution in [-0.2, 0) is 31.3 Å². The second-order valence-corrected chi connectivity index (χ2v) is 0.250. The fourth-order valence-electron chi connectivity index (χ4n) is 0. The van der Waals surface area contributed by atoms with Crippen LogP contribution in [0.4, 0.5) is 0 Å². The third kappa shape index (κ3) is 61.3. The SMILES string of the molecule is O=[Si]=O.[Si].[Ta]. The van der Waals surface area contributed by atoms with Crippen molar-refractivity contribution in [3.8, 4) is 0 Å². The summed E-state index contributed by atoms with van der Waals surface area (Å²) in [6, 6.07) is 0. The van der Waals surface area contributed by atoms with Crippen LogP contribution in [0.15, 0.2) is 0 Å². The van der Waals surface area contributed by atoms with Crippen LogP contribution < -0.4 is 0 Å². The van der Waals surface area contributed by atoms with Gasteiger partial charge in [-0.05, 0) is 0 Å². The Morgan fingerprint density at radius 2 is 1.20 bits per heavy atom. The molecule has 2 nitrogen and oxygen atoms in total. The third-order valence-corrected chi connectivity index (χ3v) is 0. The molecule has 0 fully saturated rings. The van der Waals surface area contributed by atoms with Crippen LogP contribution in [-0.4, -0.2) is 20.3 Å². The molecule has 0 heterocycles. The molecule has 0 aromatic rings. The molecule has 0 aliphatic heterocycles. The van der Waals surface area contributed by atoms with E-state index in [-0.39, 0.29) is 33.3 Å². The van der Waals surface area contributed by atoms with E-state index in [0.29, 0.717) is 0 Å². The second kappa shape index (κ2) is 21.6. The summed E-state index contributed by atoms with van der Waals surface area (Å²) in [5.41, 5.74) is 0. The predicted molar refractivity (Wildman–Crippen MR) is 12.9 cm³/mol. The van der Waals surface area contributed by atoms with Crippen molar-refractivity contribution >= 4 is 20.3 Å². The fraction of sp³-hybridized carbons (Fsp3) is 0. The van der Waals surface area contributed by atoms with Gasteiger partial charge in [0.15, 0.2) is 0 Å². The van der Waals surface area contributed by atoms with Crippen molar-refractivity contribution in [3.05, 3.63) is 0 Å². The molecule has 0 aromatic carbocycles. The van der Waals surface area contributed by atoms with E-state index in [9.17, 15) is 0 Å². The fourth-order valence-corrected chi connectivity index (χ4v) is 0. The molecule has 0 saturated carbocycles. The van der Waals surface area contributed by atoms with Crippen molar-refractivity contribution in [2.45, 2.75) is 0 Å². The van der Waals surface area contributed by atoms with Crippen molar-refractivity contribution in [1.29, 1.82) is 0 Å². The Morgan fingerprint density at radius 1 is 1.20 bits per heavy atom. The van der Waals surface area contributed by atoms with Crippen LogP contribution in [0.2, 0.25) is 0 Å². The minimum atomic E-state index is -1.42. The van der Waals surface area contributed by atoms with Crippen molar-refractivity contribution in [3.63, 3.8) is 0 Å². The van der Waals surface area contributed by atoms with E-state index < -0.39 is 9.29 Å². The molecule has 0 aromatic heterocycles. The Hall–Kier alpha value is 0.774. The number of hydrogen-bond acceptors (Lipinski definition) is 2. The van der Waals surface area contributed by atoms with Crippen LogP contribution in [0.25, 0.3) is 0 Å². The first kappa shape index (κ1) is 17.1. The van der Waals surface area contributed by atoms with Gasteiger partial charge in [-0.2, -0.15) is 0 Å². The summed E-state index contributed by atoms with van der Waals surface area (Å²) < 4.78 is 16.8. The van der Waals surface area contributed by atoms with Crippen molar-refractivity contribution < 1.29 is 31.3 Å². The quantitative estimate of drug-likeness (QED) is 0.529. The average Bonchev–Trinajstić information content (AvgIpc) is 0.918. The molecule has 0 N–H and O–H groups in total. The summed E-state index contributed by atoms with van der Waals surface area (Å²) in [5.74, 6) is 0. The monoisotopic (exact) mass is 269 g/mol. The average molecular weight is 269 g/mol. The maximum Gasteiger partial charge on any atom is 0.549 e. The minimum absolute atomic E-state index is 0. The van der Waals surface area contributed by atoms with Crippen molar-refractivity contribution in [2.75, 3.05) is 0 Å². The maximum atomic E-state index is 8.40. The Labute approximate surface area is 51.8 Å². The molecule has 0 rings (SSSR count). The normalized spacial score (nSPS) is 1.60. The molecule has 5 heteroatoms. The molecule has 0 saturated heterocycles. The van der Waals surface area contributed by atoms with Gasteiger partial charge in [0.2, 0.25) is 0 Å². The second-order valence-electron chi connectivity index (χ2n) is 0.0833. The summed E-state index contributed by atoms with van der Waals surface area (Å²) in [7, 11) is -1.42.